The molecule has 1 aliphatic carbocycles. The molecule has 12 heteroatoms. The summed E-state index contributed by atoms with van der Waals surface area (Å²) in [7, 11) is -3.59. The van der Waals surface area contributed by atoms with Crippen LogP contribution in [0.2, 0.25) is 0 Å². The maximum absolute atomic E-state index is 13.6. The molecule has 2 heterocycles. The summed E-state index contributed by atoms with van der Waals surface area (Å²) in [5.74, 6) is -2.06. The van der Waals surface area contributed by atoms with E-state index in [2.05, 4.69) is 4.90 Å². The van der Waals surface area contributed by atoms with Crippen molar-refractivity contribution in [1.29, 1.82) is 0 Å². The molecular weight excluding hydrogens is 516 g/mol. The summed E-state index contributed by atoms with van der Waals surface area (Å²) in [5, 5.41) is 7.12. The Morgan fingerprint density at radius 1 is 1.00 bits per heavy atom. The first-order chi connectivity index (χ1) is 17.4. The summed E-state index contributed by atoms with van der Waals surface area (Å²) >= 11 is 0. The van der Waals surface area contributed by atoms with E-state index in [4.69, 9.17) is 14.6 Å². The molecule has 1 saturated heterocycles. The Morgan fingerprint density at radius 2 is 1.62 bits per heavy atom. The van der Waals surface area contributed by atoms with Crippen LogP contribution in [0.1, 0.15) is 31.2 Å². The highest BCUT2D eigenvalue weighted by Crippen LogP contribution is 2.40. The van der Waals surface area contributed by atoms with E-state index in [1.807, 2.05) is 18.2 Å². The summed E-state index contributed by atoms with van der Waals surface area (Å²) in [6.07, 6.45) is -1.56. The van der Waals surface area contributed by atoms with E-state index in [9.17, 15) is 26.0 Å². The molecule has 2 aliphatic heterocycles. The Morgan fingerprint density at radius 3 is 2.24 bits per heavy atom. The van der Waals surface area contributed by atoms with E-state index >= 15 is 0 Å². The van der Waals surface area contributed by atoms with Crippen molar-refractivity contribution < 1.29 is 40.6 Å². The second-order valence-corrected chi connectivity index (χ2v) is 11.3. The third-order valence-corrected chi connectivity index (χ3v) is 8.61. The average Bonchev–Trinajstić information content (AvgIpc) is 3.68. The number of likely N-dealkylation sites (tertiary alicyclic amines) is 1. The highest BCUT2D eigenvalue weighted by Gasteiger charge is 2.45. The minimum absolute atomic E-state index is 0.166. The number of benzene rings is 2. The van der Waals surface area contributed by atoms with Crippen LogP contribution >= 0.6 is 0 Å². The first kappa shape index (κ1) is 27.3. The highest BCUT2D eigenvalue weighted by molar-refractivity contribution is 7.89. The van der Waals surface area contributed by atoms with Crippen LogP contribution in [0.25, 0.3) is 0 Å². The quantitative estimate of drug-likeness (QED) is 0.579. The molecular formula is C25H28F4N2O5S. The van der Waals surface area contributed by atoms with Gasteiger partial charge in [0.1, 0.15) is 22.6 Å². The fourth-order valence-corrected chi connectivity index (χ4v) is 6.48. The zero-order chi connectivity index (χ0) is 26.8. The summed E-state index contributed by atoms with van der Waals surface area (Å²) in [5.41, 5.74) is 1.06. The van der Waals surface area contributed by atoms with Gasteiger partial charge in [-0.15, -0.1) is 0 Å². The first-order valence-corrected chi connectivity index (χ1v) is 13.4. The number of para-hydroxylation sites is 1. The molecule has 0 spiro atoms. The van der Waals surface area contributed by atoms with Crippen LogP contribution in [0.3, 0.4) is 0 Å². The van der Waals surface area contributed by atoms with Gasteiger partial charge in [-0.25, -0.2) is 17.6 Å². The molecule has 7 nitrogen and oxygen atoms in total. The number of fused-ring (bicyclic) bond motifs is 2. The van der Waals surface area contributed by atoms with Crippen molar-refractivity contribution in [1.82, 2.24) is 9.21 Å². The summed E-state index contributed by atoms with van der Waals surface area (Å²) in [6, 6.07) is 13.5. The molecule has 3 aliphatic rings. The average molecular weight is 545 g/mol. The Balaban J connectivity index is 0.000000405. The molecule has 202 valence electrons. The van der Waals surface area contributed by atoms with E-state index in [1.165, 1.54) is 12.1 Å². The largest absolute Gasteiger partial charge is 0.490 e. The topological polar surface area (TPSA) is 87.1 Å². The van der Waals surface area contributed by atoms with E-state index in [0.29, 0.717) is 23.1 Å². The minimum atomic E-state index is -5.08. The third-order valence-electron chi connectivity index (χ3n) is 6.68. The summed E-state index contributed by atoms with van der Waals surface area (Å²) in [6.45, 7) is 2.91. The maximum Gasteiger partial charge on any atom is 0.490 e. The number of aliphatic carboxylic acids is 1. The Kier molecular flexibility index (Phi) is 8.10. The van der Waals surface area contributed by atoms with E-state index in [1.54, 1.807) is 22.5 Å². The maximum atomic E-state index is 13.6. The van der Waals surface area contributed by atoms with Gasteiger partial charge in [-0.1, -0.05) is 24.3 Å². The van der Waals surface area contributed by atoms with Crippen LogP contribution in [-0.2, 0) is 21.4 Å². The summed E-state index contributed by atoms with van der Waals surface area (Å²) < 4.78 is 80.1. The molecule has 2 aromatic rings. The lowest BCUT2D eigenvalue weighted by Crippen LogP contribution is -2.48. The summed E-state index contributed by atoms with van der Waals surface area (Å²) in [4.78, 5) is 11.5. The SMILES string of the molecule is O=C(O)C(F)(F)F.O=S1(=O)c2ccccc2O[C@H]2CCN(Cc3ccc(F)cc3)CC[C@@H]2N1CC1CC1. The molecule has 0 bridgehead atoms. The molecule has 2 aromatic carbocycles. The second-order valence-electron chi connectivity index (χ2n) is 9.47. The normalized spacial score (nSPS) is 23.8. The van der Waals surface area contributed by atoms with Gasteiger partial charge in [-0.2, -0.15) is 17.5 Å². The number of carboxylic acids is 1. The lowest BCUT2D eigenvalue weighted by molar-refractivity contribution is -0.192. The van der Waals surface area contributed by atoms with Crippen LogP contribution in [0.5, 0.6) is 5.75 Å². The number of nitrogens with zero attached hydrogens (tertiary/aromatic N) is 2. The number of alkyl halides is 3. The van der Waals surface area contributed by atoms with Gasteiger partial charge in [-0.3, -0.25) is 4.90 Å². The number of carboxylic acid groups (broad SMARTS) is 1. The van der Waals surface area contributed by atoms with Gasteiger partial charge in [-0.05, 0) is 61.4 Å². The fraction of sp³-hybridized carbons (Fsp3) is 0.480. The third kappa shape index (κ3) is 6.79. The second kappa shape index (κ2) is 11.0. The van der Waals surface area contributed by atoms with Gasteiger partial charge in [0.25, 0.3) is 0 Å². The number of ether oxygens (including phenoxy) is 1. The van der Waals surface area contributed by atoms with Gasteiger partial charge >= 0.3 is 12.1 Å². The molecule has 5 rings (SSSR count). The molecule has 1 saturated carbocycles. The van der Waals surface area contributed by atoms with E-state index in [-0.39, 0.29) is 18.0 Å². The standard InChI is InChI=1S/C23H27FN2O3S.C2HF3O2/c24-19-9-7-17(8-10-19)15-25-13-11-20-21(12-14-25)29-22-3-1-2-4-23(22)30(27,28)26(20)16-18-5-6-18;3-2(4,5)1(6)7/h1-4,7-10,18,20-21H,5-6,11-16H2;(H,6,7)/t20-,21-;/m0./s1. The van der Waals surface area contributed by atoms with Crippen molar-refractivity contribution >= 4 is 16.0 Å². The van der Waals surface area contributed by atoms with Crippen molar-refractivity contribution in [2.24, 2.45) is 5.92 Å². The van der Waals surface area contributed by atoms with Crippen molar-refractivity contribution in [2.75, 3.05) is 19.6 Å². The van der Waals surface area contributed by atoms with Crippen molar-refractivity contribution in [2.45, 2.75) is 55.4 Å². The Hall–Kier alpha value is -2.70. The van der Waals surface area contributed by atoms with Crippen LogP contribution in [0.4, 0.5) is 17.6 Å². The monoisotopic (exact) mass is 544 g/mol. The molecule has 37 heavy (non-hydrogen) atoms. The number of halogens is 4. The van der Waals surface area contributed by atoms with Gasteiger partial charge in [0.15, 0.2) is 0 Å². The zero-order valence-electron chi connectivity index (χ0n) is 19.9. The van der Waals surface area contributed by atoms with Gasteiger partial charge in [0.2, 0.25) is 10.0 Å². The van der Waals surface area contributed by atoms with Crippen molar-refractivity contribution in [3.8, 4) is 5.75 Å². The van der Waals surface area contributed by atoms with Crippen molar-refractivity contribution in [3.63, 3.8) is 0 Å². The Labute approximate surface area is 212 Å². The van der Waals surface area contributed by atoms with Crippen LogP contribution < -0.4 is 4.74 Å². The predicted octanol–water partition coefficient (Wildman–Crippen LogP) is 4.29. The van der Waals surface area contributed by atoms with Crippen LogP contribution in [-0.4, -0.2) is 66.7 Å². The smallest absolute Gasteiger partial charge is 0.487 e. The van der Waals surface area contributed by atoms with Gasteiger partial charge in [0.05, 0.1) is 6.04 Å². The van der Waals surface area contributed by atoms with E-state index < -0.39 is 22.2 Å². The lowest BCUT2D eigenvalue weighted by atomic mass is 10.1. The Bertz CT molecular complexity index is 1200. The highest BCUT2D eigenvalue weighted by atomic mass is 32.2. The number of sulfonamides is 1. The van der Waals surface area contributed by atoms with E-state index in [0.717, 1.165) is 50.9 Å². The fourth-order valence-electron chi connectivity index (χ4n) is 4.60. The lowest BCUT2D eigenvalue weighted by Gasteiger charge is -2.31. The number of rotatable bonds is 4. The predicted molar refractivity (Wildman–Crippen MR) is 126 cm³/mol. The zero-order valence-corrected chi connectivity index (χ0v) is 20.7. The molecule has 1 N–H and O–H groups in total. The molecule has 2 atom stereocenters. The van der Waals surface area contributed by atoms with Gasteiger partial charge < -0.3 is 9.84 Å². The molecule has 0 amide bonds. The van der Waals surface area contributed by atoms with Crippen LogP contribution in [0, 0.1) is 11.7 Å². The minimum Gasteiger partial charge on any atom is -0.487 e. The number of hydrogen-bond acceptors (Lipinski definition) is 5. The van der Waals surface area contributed by atoms with Gasteiger partial charge in [0, 0.05) is 26.2 Å². The molecule has 2 fully saturated rings. The first-order valence-electron chi connectivity index (χ1n) is 12.0. The van der Waals surface area contributed by atoms with Crippen LogP contribution in [0.15, 0.2) is 53.4 Å². The molecule has 0 aromatic heterocycles. The number of hydrogen-bond donors (Lipinski definition) is 1. The van der Waals surface area contributed by atoms with Crippen molar-refractivity contribution in [3.05, 3.63) is 59.9 Å². The molecule has 0 unspecified atom stereocenters. The molecule has 0 radical (unpaired) electrons. The number of carbonyl (C=O) groups is 1.